The molecule has 2 saturated heterocycles. The van der Waals surface area contributed by atoms with Crippen LogP contribution in [-0.4, -0.2) is 67.6 Å². The molecule has 3 rings (SSSR count). The average Bonchev–Trinajstić information content (AvgIpc) is 2.50. The zero-order chi connectivity index (χ0) is 16.7. The summed E-state index contributed by atoms with van der Waals surface area (Å²) in [5, 5.41) is 0. The first-order valence-electron chi connectivity index (χ1n) is 9.61. The lowest BCUT2D eigenvalue weighted by Gasteiger charge is -2.42. The monoisotopic (exact) mass is 324 g/mol. The Bertz CT molecular complexity index is 328. The SMILES string of the molecule is CC(C)OC1CCN(C)CC1.O=CC1CC(N2CCCCC2)C1. The van der Waals surface area contributed by atoms with Gasteiger partial charge in [-0.25, -0.2) is 0 Å². The minimum Gasteiger partial charge on any atom is -0.375 e. The Kier molecular flexibility index (Phi) is 8.01. The number of hydrogen-bond acceptors (Lipinski definition) is 4. The third kappa shape index (κ3) is 6.52. The van der Waals surface area contributed by atoms with Crippen molar-refractivity contribution in [1.82, 2.24) is 9.80 Å². The lowest BCUT2D eigenvalue weighted by molar-refractivity contribution is -0.115. The summed E-state index contributed by atoms with van der Waals surface area (Å²) in [5.74, 6) is 0.386. The van der Waals surface area contributed by atoms with E-state index in [9.17, 15) is 4.79 Å². The van der Waals surface area contributed by atoms with Crippen molar-refractivity contribution in [3.05, 3.63) is 0 Å². The third-order valence-electron chi connectivity index (χ3n) is 5.38. The van der Waals surface area contributed by atoms with Gasteiger partial charge in [0.05, 0.1) is 12.2 Å². The fourth-order valence-electron chi connectivity index (χ4n) is 3.83. The van der Waals surface area contributed by atoms with Crippen molar-refractivity contribution < 1.29 is 9.53 Å². The summed E-state index contributed by atoms with van der Waals surface area (Å²) in [6, 6.07) is 0.750. The van der Waals surface area contributed by atoms with Crippen LogP contribution in [0.3, 0.4) is 0 Å². The first kappa shape index (κ1) is 18.9. The van der Waals surface area contributed by atoms with Crippen molar-refractivity contribution in [3.8, 4) is 0 Å². The zero-order valence-electron chi connectivity index (χ0n) is 15.4. The Morgan fingerprint density at radius 3 is 2.13 bits per heavy atom. The van der Waals surface area contributed by atoms with E-state index >= 15 is 0 Å². The summed E-state index contributed by atoms with van der Waals surface area (Å²) in [7, 11) is 2.17. The zero-order valence-corrected chi connectivity index (χ0v) is 15.4. The maximum Gasteiger partial charge on any atom is 0.123 e. The second kappa shape index (κ2) is 9.75. The molecule has 0 aromatic rings. The average molecular weight is 325 g/mol. The van der Waals surface area contributed by atoms with Gasteiger partial charge in [-0.1, -0.05) is 6.42 Å². The van der Waals surface area contributed by atoms with Gasteiger partial charge in [0.1, 0.15) is 6.29 Å². The molecule has 0 N–H and O–H groups in total. The number of carbonyl (C=O) groups is 1. The predicted molar refractivity (Wildman–Crippen MR) is 94.7 cm³/mol. The summed E-state index contributed by atoms with van der Waals surface area (Å²) < 4.78 is 5.71. The molecule has 1 saturated carbocycles. The number of carbonyl (C=O) groups excluding carboxylic acids is 1. The summed E-state index contributed by atoms with van der Waals surface area (Å²) >= 11 is 0. The van der Waals surface area contributed by atoms with Gasteiger partial charge >= 0.3 is 0 Å². The standard InChI is InChI=1S/C10H17NO.C9H19NO/c12-8-9-6-10(7-9)11-4-2-1-3-5-11;1-8(2)11-9-4-6-10(3)7-5-9/h8-10H,1-7H2;8-9H,4-7H2,1-3H3. The molecule has 1 aliphatic carbocycles. The minimum absolute atomic E-state index is 0.386. The minimum atomic E-state index is 0.386. The largest absolute Gasteiger partial charge is 0.375 e. The van der Waals surface area contributed by atoms with Crippen LogP contribution in [0.4, 0.5) is 0 Å². The van der Waals surface area contributed by atoms with E-state index in [2.05, 4.69) is 30.7 Å². The summed E-state index contributed by atoms with van der Waals surface area (Å²) in [5.41, 5.74) is 0. The van der Waals surface area contributed by atoms with Crippen LogP contribution in [0.2, 0.25) is 0 Å². The molecule has 3 fully saturated rings. The Balaban J connectivity index is 0.000000168. The van der Waals surface area contributed by atoms with E-state index in [0.717, 1.165) is 25.2 Å². The van der Waals surface area contributed by atoms with Crippen molar-refractivity contribution in [3.63, 3.8) is 0 Å². The Morgan fingerprint density at radius 2 is 1.61 bits per heavy atom. The van der Waals surface area contributed by atoms with Gasteiger partial charge in [-0.05, 0) is 72.5 Å². The van der Waals surface area contributed by atoms with Gasteiger partial charge in [-0.3, -0.25) is 0 Å². The number of ether oxygens (including phenoxy) is 1. The Morgan fingerprint density at radius 1 is 1.00 bits per heavy atom. The van der Waals surface area contributed by atoms with E-state index in [0.29, 0.717) is 18.1 Å². The fourth-order valence-corrected chi connectivity index (χ4v) is 3.83. The van der Waals surface area contributed by atoms with Crippen molar-refractivity contribution in [2.24, 2.45) is 5.92 Å². The van der Waals surface area contributed by atoms with E-state index in [-0.39, 0.29) is 0 Å². The molecular formula is C19H36N2O2. The molecule has 0 amide bonds. The van der Waals surface area contributed by atoms with Crippen LogP contribution in [0.5, 0.6) is 0 Å². The second-order valence-corrected chi connectivity index (χ2v) is 7.81. The summed E-state index contributed by atoms with van der Waals surface area (Å²) in [4.78, 5) is 15.3. The van der Waals surface area contributed by atoms with Gasteiger partial charge in [0.25, 0.3) is 0 Å². The molecule has 4 nitrogen and oxygen atoms in total. The van der Waals surface area contributed by atoms with E-state index < -0.39 is 0 Å². The van der Waals surface area contributed by atoms with E-state index in [4.69, 9.17) is 4.74 Å². The highest BCUT2D eigenvalue weighted by atomic mass is 16.5. The molecule has 0 atom stereocenters. The first-order valence-corrected chi connectivity index (χ1v) is 9.61. The molecular weight excluding hydrogens is 288 g/mol. The number of rotatable bonds is 4. The smallest absolute Gasteiger partial charge is 0.123 e. The van der Waals surface area contributed by atoms with Crippen LogP contribution >= 0.6 is 0 Å². The van der Waals surface area contributed by atoms with E-state index in [1.165, 1.54) is 58.3 Å². The maximum absolute atomic E-state index is 10.4. The van der Waals surface area contributed by atoms with Crippen LogP contribution in [0.15, 0.2) is 0 Å². The summed E-state index contributed by atoms with van der Waals surface area (Å²) in [6.45, 7) is 9.15. The van der Waals surface area contributed by atoms with Crippen LogP contribution in [-0.2, 0) is 9.53 Å². The molecule has 23 heavy (non-hydrogen) atoms. The molecule has 0 aromatic carbocycles. The normalized spacial score (nSPS) is 30.4. The highest BCUT2D eigenvalue weighted by Crippen LogP contribution is 2.31. The molecule has 0 aromatic heterocycles. The van der Waals surface area contributed by atoms with Crippen LogP contribution in [0.25, 0.3) is 0 Å². The van der Waals surface area contributed by atoms with Gasteiger partial charge in [0, 0.05) is 25.0 Å². The molecule has 2 heterocycles. The Labute approximate surface area is 142 Å². The quantitative estimate of drug-likeness (QED) is 0.744. The van der Waals surface area contributed by atoms with Gasteiger partial charge in [0.15, 0.2) is 0 Å². The number of likely N-dealkylation sites (tertiary alicyclic amines) is 2. The molecule has 0 spiro atoms. The molecule has 3 aliphatic rings. The van der Waals surface area contributed by atoms with Crippen LogP contribution in [0, 0.1) is 5.92 Å². The first-order chi connectivity index (χ1) is 11.1. The third-order valence-corrected chi connectivity index (χ3v) is 5.38. The second-order valence-electron chi connectivity index (χ2n) is 7.81. The molecule has 4 heteroatoms. The Hall–Kier alpha value is -0.450. The number of aldehydes is 1. The molecule has 0 radical (unpaired) electrons. The topological polar surface area (TPSA) is 32.8 Å². The molecule has 0 bridgehead atoms. The van der Waals surface area contributed by atoms with Gasteiger partial charge in [-0.2, -0.15) is 0 Å². The van der Waals surface area contributed by atoms with Gasteiger partial charge < -0.3 is 19.3 Å². The van der Waals surface area contributed by atoms with Gasteiger partial charge in [-0.15, -0.1) is 0 Å². The lowest BCUT2D eigenvalue weighted by atomic mass is 9.80. The lowest BCUT2D eigenvalue weighted by Crippen LogP contribution is -2.47. The molecule has 2 aliphatic heterocycles. The molecule has 134 valence electrons. The number of nitrogens with zero attached hydrogens (tertiary/aromatic N) is 2. The fraction of sp³-hybridized carbons (Fsp3) is 0.947. The van der Waals surface area contributed by atoms with Crippen molar-refractivity contribution in [2.75, 3.05) is 33.2 Å². The highest BCUT2D eigenvalue weighted by molar-refractivity contribution is 5.55. The number of piperidine rings is 2. The van der Waals surface area contributed by atoms with Gasteiger partial charge in [0.2, 0.25) is 0 Å². The van der Waals surface area contributed by atoms with Crippen molar-refractivity contribution >= 4 is 6.29 Å². The van der Waals surface area contributed by atoms with Crippen LogP contribution in [0.1, 0.15) is 58.8 Å². The van der Waals surface area contributed by atoms with Crippen molar-refractivity contribution in [1.29, 1.82) is 0 Å². The predicted octanol–water partition coefficient (Wildman–Crippen LogP) is 2.96. The van der Waals surface area contributed by atoms with Crippen molar-refractivity contribution in [2.45, 2.75) is 77.0 Å². The number of hydrogen-bond donors (Lipinski definition) is 0. The molecule has 0 unspecified atom stereocenters. The summed E-state index contributed by atoms with van der Waals surface area (Å²) in [6.07, 6.45) is 10.8. The van der Waals surface area contributed by atoms with E-state index in [1.807, 2.05) is 0 Å². The maximum atomic E-state index is 10.4. The van der Waals surface area contributed by atoms with Crippen LogP contribution < -0.4 is 0 Å². The van der Waals surface area contributed by atoms with E-state index in [1.54, 1.807) is 0 Å². The highest BCUT2D eigenvalue weighted by Gasteiger charge is 2.33.